The zero-order valence-corrected chi connectivity index (χ0v) is 8.51. The first-order chi connectivity index (χ1) is 5.37. The normalized spacial score (nSPS) is 14.4. The Kier molecular flexibility index (Phi) is 4.45. The zero-order valence-electron chi connectivity index (χ0n) is 8.51. The average Bonchev–Trinajstić information content (AvgIpc) is 1.85. The molecule has 0 aromatic heterocycles. The van der Waals surface area contributed by atoms with Crippen molar-refractivity contribution in [2.24, 2.45) is 0 Å². The van der Waals surface area contributed by atoms with Crippen LogP contribution in [0.1, 0.15) is 27.7 Å². The van der Waals surface area contributed by atoms with E-state index in [2.05, 4.69) is 6.58 Å². The number of ether oxygens (including phenoxy) is 1. The topological polar surface area (TPSA) is 27.7 Å². The van der Waals surface area contributed by atoms with Gasteiger partial charge in [0.15, 0.2) is 0 Å². The first kappa shape index (κ1) is 11.6. The Balaban J connectivity index is 3.81. The molecule has 72 valence electrons. The lowest BCUT2D eigenvalue weighted by Crippen LogP contribution is -2.25. The largest absolute Gasteiger partial charge is 0.350 e. The molecule has 0 saturated carbocycles. The third-order valence-electron chi connectivity index (χ3n) is 1.00. The van der Waals surface area contributed by atoms with Crippen LogP contribution in [0, 0.1) is 0 Å². The Morgan fingerprint density at radius 3 is 2.08 bits per heavy atom. The van der Waals surface area contributed by atoms with Crippen LogP contribution in [0.15, 0.2) is 12.2 Å². The van der Waals surface area contributed by atoms with Crippen molar-refractivity contribution >= 4 is 0 Å². The molecule has 0 radical (unpaired) electrons. The van der Waals surface area contributed by atoms with Crippen molar-refractivity contribution in [1.29, 1.82) is 0 Å². The molecule has 3 nitrogen and oxygen atoms in total. The van der Waals surface area contributed by atoms with Crippen molar-refractivity contribution in [2.75, 3.05) is 7.11 Å². The van der Waals surface area contributed by atoms with Gasteiger partial charge in [-0.15, -0.1) is 0 Å². The molecule has 0 aliphatic rings. The molecule has 0 heterocycles. The van der Waals surface area contributed by atoms with E-state index in [4.69, 9.17) is 14.5 Å². The third kappa shape index (κ3) is 5.29. The van der Waals surface area contributed by atoms with Gasteiger partial charge in [0.25, 0.3) is 0 Å². The highest BCUT2D eigenvalue weighted by Gasteiger charge is 2.16. The SMILES string of the molecule is C=C(C)C(OC)OOC(C)(C)C. The molecular formula is C9H18O3. The number of hydrogen-bond donors (Lipinski definition) is 0. The van der Waals surface area contributed by atoms with Crippen LogP contribution in [-0.2, 0) is 14.5 Å². The van der Waals surface area contributed by atoms with Gasteiger partial charge in [-0.25, -0.2) is 4.89 Å². The van der Waals surface area contributed by atoms with Gasteiger partial charge in [0, 0.05) is 7.11 Å². The molecule has 0 N–H and O–H groups in total. The van der Waals surface area contributed by atoms with Crippen molar-refractivity contribution in [3.63, 3.8) is 0 Å². The van der Waals surface area contributed by atoms with Crippen LogP contribution in [0.3, 0.4) is 0 Å². The molecule has 0 aliphatic heterocycles. The van der Waals surface area contributed by atoms with Gasteiger partial charge in [-0.3, -0.25) is 0 Å². The summed E-state index contributed by atoms with van der Waals surface area (Å²) in [5.74, 6) is 0. The van der Waals surface area contributed by atoms with Crippen LogP contribution in [0.2, 0.25) is 0 Å². The van der Waals surface area contributed by atoms with Gasteiger partial charge in [0.05, 0.1) is 5.60 Å². The maximum absolute atomic E-state index is 5.06. The highest BCUT2D eigenvalue weighted by Crippen LogP contribution is 2.12. The van der Waals surface area contributed by atoms with Crippen LogP contribution >= 0.6 is 0 Å². The van der Waals surface area contributed by atoms with E-state index in [1.165, 1.54) is 0 Å². The van der Waals surface area contributed by atoms with E-state index in [9.17, 15) is 0 Å². The van der Waals surface area contributed by atoms with E-state index in [1.807, 2.05) is 27.7 Å². The van der Waals surface area contributed by atoms with Crippen molar-refractivity contribution in [1.82, 2.24) is 0 Å². The summed E-state index contributed by atoms with van der Waals surface area (Å²) in [6.07, 6.45) is -0.482. The summed E-state index contributed by atoms with van der Waals surface area (Å²) in [5, 5.41) is 0. The first-order valence-electron chi connectivity index (χ1n) is 3.89. The number of methoxy groups -OCH3 is 1. The van der Waals surface area contributed by atoms with Gasteiger partial charge >= 0.3 is 0 Å². The van der Waals surface area contributed by atoms with Gasteiger partial charge in [-0.2, -0.15) is 4.89 Å². The van der Waals surface area contributed by atoms with E-state index in [0.717, 1.165) is 5.57 Å². The minimum atomic E-state index is -0.482. The monoisotopic (exact) mass is 174 g/mol. The molecule has 0 rings (SSSR count). The van der Waals surface area contributed by atoms with Crippen LogP contribution < -0.4 is 0 Å². The highest BCUT2D eigenvalue weighted by molar-refractivity contribution is 4.91. The van der Waals surface area contributed by atoms with Crippen LogP contribution in [0.5, 0.6) is 0 Å². The maximum atomic E-state index is 5.06. The van der Waals surface area contributed by atoms with Crippen LogP contribution in [0.25, 0.3) is 0 Å². The summed E-state index contributed by atoms with van der Waals surface area (Å²) in [6.45, 7) is 11.2. The van der Waals surface area contributed by atoms with E-state index in [1.54, 1.807) is 7.11 Å². The third-order valence-corrected chi connectivity index (χ3v) is 1.00. The number of hydrogen-bond acceptors (Lipinski definition) is 3. The number of rotatable bonds is 4. The summed E-state index contributed by atoms with van der Waals surface area (Å²) in [7, 11) is 1.55. The van der Waals surface area contributed by atoms with Crippen molar-refractivity contribution in [3.8, 4) is 0 Å². The van der Waals surface area contributed by atoms with Gasteiger partial charge in [0.1, 0.15) is 0 Å². The minimum Gasteiger partial charge on any atom is -0.350 e. The Labute approximate surface area is 74.2 Å². The average molecular weight is 174 g/mol. The fourth-order valence-electron chi connectivity index (χ4n) is 0.511. The van der Waals surface area contributed by atoms with E-state index in [-0.39, 0.29) is 5.60 Å². The summed E-state index contributed by atoms with van der Waals surface area (Å²) in [4.78, 5) is 10.1. The second kappa shape index (κ2) is 4.60. The lowest BCUT2D eigenvalue weighted by atomic mass is 10.2. The Morgan fingerprint density at radius 2 is 1.83 bits per heavy atom. The highest BCUT2D eigenvalue weighted by atomic mass is 17.2. The lowest BCUT2D eigenvalue weighted by Gasteiger charge is -2.22. The fourth-order valence-corrected chi connectivity index (χ4v) is 0.511. The minimum absolute atomic E-state index is 0.327. The molecule has 0 amide bonds. The molecule has 1 unspecified atom stereocenters. The molecule has 0 aromatic rings. The predicted octanol–water partition coefficient (Wildman–Crippen LogP) is 2.28. The smallest absolute Gasteiger partial charge is 0.212 e. The van der Waals surface area contributed by atoms with Gasteiger partial charge in [0.2, 0.25) is 6.29 Å². The summed E-state index contributed by atoms with van der Waals surface area (Å²) < 4.78 is 4.96. The molecule has 1 atom stereocenters. The molecule has 3 heteroatoms. The van der Waals surface area contributed by atoms with Gasteiger partial charge < -0.3 is 4.74 Å². The first-order valence-corrected chi connectivity index (χ1v) is 3.89. The fraction of sp³-hybridized carbons (Fsp3) is 0.778. The summed E-state index contributed by atoms with van der Waals surface area (Å²) >= 11 is 0. The standard InChI is InChI=1S/C9H18O3/c1-7(2)8(10-6)11-12-9(3,4)5/h8H,1H2,2-6H3. The molecule has 0 bridgehead atoms. The maximum Gasteiger partial charge on any atom is 0.212 e. The quantitative estimate of drug-likeness (QED) is 0.283. The second-order valence-electron chi connectivity index (χ2n) is 3.71. The van der Waals surface area contributed by atoms with E-state index in [0.29, 0.717) is 0 Å². The Hall–Kier alpha value is -0.380. The van der Waals surface area contributed by atoms with Crippen LogP contribution in [-0.4, -0.2) is 19.0 Å². The Morgan fingerprint density at radius 1 is 1.33 bits per heavy atom. The molecule has 0 spiro atoms. The van der Waals surface area contributed by atoms with Crippen molar-refractivity contribution in [2.45, 2.75) is 39.6 Å². The van der Waals surface area contributed by atoms with Gasteiger partial charge in [-0.1, -0.05) is 6.58 Å². The van der Waals surface area contributed by atoms with Gasteiger partial charge in [-0.05, 0) is 33.3 Å². The molecular weight excluding hydrogens is 156 g/mol. The van der Waals surface area contributed by atoms with Crippen LogP contribution in [0.4, 0.5) is 0 Å². The van der Waals surface area contributed by atoms with E-state index < -0.39 is 6.29 Å². The molecule has 0 aromatic carbocycles. The Bertz CT molecular complexity index is 146. The van der Waals surface area contributed by atoms with Crippen molar-refractivity contribution in [3.05, 3.63) is 12.2 Å². The van der Waals surface area contributed by atoms with E-state index >= 15 is 0 Å². The molecule has 0 fully saturated rings. The van der Waals surface area contributed by atoms with Crippen molar-refractivity contribution < 1.29 is 14.5 Å². The molecule has 0 aliphatic carbocycles. The molecule has 12 heavy (non-hydrogen) atoms. The summed E-state index contributed by atoms with van der Waals surface area (Å²) in [5.41, 5.74) is 0.452. The zero-order chi connectivity index (χ0) is 9.78. The summed E-state index contributed by atoms with van der Waals surface area (Å²) in [6, 6.07) is 0. The lowest BCUT2D eigenvalue weighted by molar-refractivity contribution is -0.403. The molecule has 0 saturated heterocycles. The second-order valence-corrected chi connectivity index (χ2v) is 3.71. The predicted molar refractivity (Wildman–Crippen MR) is 47.5 cm³/mol.